The van der Waals surface area contributed by atoms with Crippen molar-refractivity contribution in [2.24, 2.45) is 0 Å². The summed E-state index contributed by atoms with van der Waals surface area (Å²) in [4.78, 5) is 25.3. The molecule has 2 unspecified atom stereocenters. The van der Waals surface area contributed by atoms with Gasteiger partial charge in [-0.05, 0) is 61.1 Å². The summed E-state index contributed by atoms with van der Waals surface area (Å²) in [5.74, 6) is -1.17. The fraction of sp³-hybridized carbons (Fsp3) is 0.407. The van der Waals surface area contributed by atoms with Gasteiger partial charge in [0.2, 0.25) is 5.91 Å². The number of aromatic carboxylic acids is 1. The Morgan fingerprint density at radius 2 is 1.91 bits per heavy atom. The van der Waals surface area contributed by atoms with Crippen molar-refractivity contribution in [1.82, 2.24) is 4.90 Å². The van der Waals surface area contributed by atoms with E-state index in [2.05, 4.69) is 0 Å². The van der Waals surface area contributed by atoms with Gasteiger partial charge >= 0.3 is 5.97 Å². The monoisotopic (exact) mass is 451 g/mol. The summed E-state index contributed by atoms with van der Waals surface area (Å²) >= 11 is 0. The van der Waals surface area contributed by atoms with Crippen molar-refractivity contribution in [1.29, 1.82) is 0 Å². The molecule has 4 rings (SSSR count). The van der Waals surface area contributed by atoms with E-state index in [1.807, 2.05) is 17.0 Å². The predicted molar refractivity (Wildman–Crippen MR) is 124 cm³/mol. The van der Waals surface area contributed by atoms with Crippen molar-refractivity contribution in [3.8, 4) is 0 Å². The summed E-state index contributed by atoms with van der Waals surface area (Å²) in [5, 5.41) is 20.2. The zero-order chi connectivity index (χ0) is 23.4. The summed E-state index contributed by atoms with van der Waals surface area (Å²) in [6, 6.07) is 13.2. The number of carbonyl (C=O) groups excluding carboxylic acids is 1. The van der Waals surface area contributed by atoms with Crippen LogP contribution in [0.15, 0.2) is 60.7 Å². The van der Waals surface area contributed by atoms with Gasteiger partial charge in [0.1, 0.15) is 5.82 Å². The van der Waals surface area contributed by atoms with Crippen molar-refractivity contribution < 1.29 is 24.2 Å². The first-order valence-electron chi connectivity index (χ1n) is 11.6. The summed E-state index contributed by atoms with van der Waals surface area (Å²) in [6.07, 6.45) is 8.39. The van der Waals surface area contributed by atoms with Gasteiger partial charge in [0.15, 0.2) is 0 Å². The van der Waals surface area contributed by atoms with Gasteiger partial charge in [-0.2, -0.15) is 0 Å². The molecule has 2 aliphatic rings. The third kappa shape index (κ3) is 5.01. The zero-order valence-electron chi connectivity index (χ0n) is 18.6. The predicted octanol–water partition coefficient (Wildman–Crippen LogP) is 4.49. The molecule has 1 amide bonds. The smallest absolute Gasteiger partial charge is 0.335 e. The van der Waals surface area contributed by atoms with E-state index in [1.54, 1.807) is 36.4 Å². The van der Waals surface area contributed by atoms with E-state index in [1.165, 1.54) is 12.1 Å². The number of likely N-dealkylation sites (tertiary alicyclic amines) is 1. The first-order valence-corrected chi connectivity index (χ1v) is 11.6. The molecule has 0 bridgehead atoms. The lowest BCUT2D eigenvalue weighted by molar-refractivity contribution is -0.128. The average molecular weight is 452 g/mol. The first-order chi connectivity index (χ1) is 15.9. The van der Waals surface area contributed by atoms with Crippen LogP contribution in [0.2, 0.25) is 0 Å². The van der Waals surface area contributed by atoms with Crippen LogP contribution in [0.25, 0.3) is 0 Å². The fourth-order valence-electron chi connectivity index (χ4n) is 5.29. The molecule has 1 aliphatic heterocycles. The summed E-state index contributed by atoms with van der Waals surface area (Å²) in [7, 11) is 0. The second-order valence-corrected chi connectivity index (χ2v) is 9.15. The molecule has 1 saturated heterocycles. The van der Waals surface area contributed by atoms with Gasteiger partial charge in [-0.25, -0.2) is 9.18 Å². The van der Waals surface area contributed by atoms with Crippen LogP contribution in [-0.2, 0) is 16.6 Å². The van der Waals surface area contributed by atoms with E-state index in [-0.39, 0.29) is 23.3 Å². The van der Waals surface area contributed by atoms with Crippen LogP contribution in [0, 0.1) is 5.82 Å². The molecule has 1 aliphatic carbocycles. The molecule has 2 aromatic carbocycles. The van der Waals surface area contributed by atoms with Crippen LogP contribution in [0.5, 0.6) is 0 Å². The Labute approximate surface area is 193 Å². The molecular formula is C27H30FNO4. The van der Waals surface area contributed by atoms with Crippen LogP contribution >= 0.6 is 0 Å². The third-order valence-corrected chi connectivity index (χ3v) is 7.19. The molecule has 0 aromatic heterocycles. The second kappa shape index (κ2) is 9.87. The first kappa shape index (κ1) is 23.2. The Kier molecular flexibility index (Phi) is 6.94. The van der Waals surface area contributed by atoms with E-state index >= 15 is 0 Å². The Morgan fingerprint density at radius 1 is 1.18 bits per heavy atom. The highest BCUT2D eigenvalue weighted by Gasteiger charge is 2.41. The highest BCUT2D eigenvalue weighted by molar-refractivity contribution is 5.87. The number of carboxylic acids is 1. The highest BCUT2D eigenvalue weighted by atomic mass is 19.1. The number of carbonyl (C=O) groups is 2. The molecule has 0 spiro atoms. The molecule has 5 nitrogen and oxygen atoms in total. The number of hydrogen-bond acceptors (Lipinski definition) is 3. The van der Waals surface area contributed by atoms with E-state index in [4.69, 9.17) is 5.11 Å². The topological polar surface area (TPSA) is 77.8 Å². The molecule has 2 atom stereocenters. The van der Waals surface area contributed by atoms with Crippen LogP contribution in [0.3, 0.4) is 0 Å². The minimum absolute atomic E-state index is 0.0852. The lowest BCUT2D eigenvalue weighted by Crippen LogP contribution is -2.37. The minimum atomic E-state index is -0.960. The third-order valence-electron chi connectivity index (χ3n) is 7.19. The number of carboxylic acid groups (broad SMARTS) is 1. The summed E-state index contributed by atoms with van der Waals surface area (Å²) in [6.45, 7) is 0.533. The maximum Gasteiger partial charge on any atom is 0.335 e. The molecule has 1 saturated carbocycles. The Bertz CT molecular complexity index is 1030. The van der Waals surface area contributed by atoms with Crippen molar-refractivity contribution in [2.75, 3.05) is 6.54 Å². The van der Waals surface area contributed by atoms with Crippen LogP contribution in [0.4, 0.5) is 4.39 Å². The molecule has 1 heterocycles. The average Bonchev–Trinajstić information content (AvgIpc) is 3.44. The second-order valence-electron chi connectivity index (χ2n) is 9.15. The van der Waals surface area contributed by atoms with Gasteiger partial charge in [0.25, 0.3) is 0 Å². The number of benzene rings is 2. The molecule has 2 N–H and O–H groups in total. The van der Waals surface area contributed by atoms with Crippen molar-refractivity contribution in [3.63, 3.8) is 0 Å². The van der Waals surface area contributed by atoms with E-state index < -0.39 is 17.5 Å². The van der Waals surface area contributed by atoms with Gasteiger partial charge in [-0.1, -0.05) is 49.3 Å². The number of amides is 1. The molecule has 33 heavy (non-hydrogen) atoms. The number of aliphatic hydroxyl groups excluding tert-OH is 1. The fourth-order valence-corrected chi connectivity index (χ4v) is 5.29. The van der Waals surface area contributed by atoms with Gasteiger partial charge in [-0.15, -0.1) is 0 Å². The van der Waals surface area contributed by atoms with Crippen LogP contribution < -0.4 is 0 Å². The lowest BCUT2D eigenvalue weighted by atomic mass is 9.74. The number of halogens is 1. The van der Waals surface area contributed by atoms with Crippen molar-refractivity contribution in [3.05, 3.63) is 83.2 Å². The molecule has 2 aromatic rings. The normalized spacial score (nSPS) is 21.1. The standard InChI is InChI=1S/C27H30FNO4/c28-22-5-3-4-21(18-22)27(15-1-2-16-27)24(30)12-10-23-11-13-25(31)29(23)17-14-19-6-8-20(9-7-19)26(32)33/h3-10,12,18,23-24,30H,1-2,11,13-17H2,(H,32,33)/b12-10+. The van der Waals surface area contributed by atoms with Gasteiger partial charge < -0.3 is 15.1 Å². The Balaban J connectivity index is 1.44. The number of hydrogen-bond donors (Lipinski definition) is 2. The number of nitrogens with zero attached hydrogens (tertiary/aromatic N) is 1. The van der Waals surface area contributed by atoms with Crippen LogP contribution in [0.1, 0.15) is 60.0 Å². The van der Waals surface area contributed by atoms with Gasteiger partial charge in [0, 0.05) is 18.4 Å². The Morgan fingerprint density at radius 3 is 2.58 bits per heavy atom. The zero-order valence-corrected chi connectivity index (χ0v) is 18.6. The highest BCUT2D eigenvalue weighted by Crippen LogP contribution is 2.44. The quantitative estimate of drug-likeness (QED) is 0.580. The van der Waals surface area contributed by atoms with Crippen LogP contribution in [-0.4, -0.2) is 45.7 Å². The molecule has 6 heteroatoms. The van der Waals surface area contributed by atoms with E-state index in [0.717, 1.165) is 36.8 Å². The Hall–Kier alpha value is -2.99. The number of aliphatic hydroxyl groups is 1. The maximum absolute atomic E-state index is 13.9. The molecular weight excluding hydrogens is 421 g/mol. The molecule has 0 radical (unpaired) electrons. The van der Waals surface area contributed by atoms with E-state index in [0.29, 0.717) is 25.8 Å². The van der Waals surface area contributed by atoms with Crippen molar-refractivity contribution >= 4 is 11.9 Å². The van der Waals surface area contributed by atoms with Gasteiger partial charge in [0.05, 0.1) is 17.7 Å². The molecule has 174 valence electrons. The van der Waals surface area contributed by atoms with Gasteiger partial charge in [-0.3, -0.25) is 4.79 Å². The maximum atomic E-state index is 13.9. The summed E-state index contributed by atoms with van der Waals surface area (Å²) in [5.41, 5.74) is 1.56. The SMILES string of the molecule is O=C(O)c1ccc(CCN2C(=O)CCC2/C=C/C(O)C2(c3cccc(F)c3)CCCC2)cc1. The summed E-state index contributed by atoms with van der Waals surface area (Å²) < 4.78 is 13.9. The lowest BCUT2D eigenvalue weighted by Gasteiger charge is -2.34. The minimum Gasteiger partial charge on any atom is -0.478 e. The number of rotatable bonds is 8. The van der Waals surface area contributed by atoms with Crippen molar-refractivity contribution in [2.45, 2.75) is 62.5 Å². The van der Waals surface area contributed by atoms with E-state index in [9.17, 15) is 19.1 Å². The largest absolute Gasteiger partial charge is 0.478 e. The molecule has 2 fully saturated rings.